The Morgan fingerprint density at radius 2 is 1.74 bits per heavy atom. The molecule has 3 fully saturated rings. The van der Waals surface area contributed by atoms with Crippen LogP contribution in [0.25, 0.3) is 21.8 Å². The molecule has 3 aromatic carbocycles. The number of imidazole rings is 1. The summed E-state index contributed by atoms with van der Waals surface area (Å²) in [6.07, 6.45) is 1.94. The van der Waals surface area contributed by atoms with Gasteiger partial charge in [0.2, 0.25) is 17.7 Å². The van der Waals surface area contributed by atoms with Crippen molar-refractivity contribution in [3.8, 4) is 5.75 Å². The molecule has 2 atom stereocenters. The minimum absolute atomic E-state index is 0.00809. The van der Waals surface area contributed by atoms with E-state index in [4.69, 9.17) is 0 Å². The van der Waals surface area contributed by atoms with Crippen LogP contribution in [-0.4, -0.2) is 76.9 Å². The van der Waals surface area contributed by atoms with Crippen LogP contribution in [0, 0.1) is 5.82 Å². The molecule has 4 aromatic rings. The third-order valence-corrected chi connectivity index (χ3v) is 11.3. The van der Waals surface area contributed by atoms with Crippen molar-refractivity contribution in [1.82, 2.24) is 24.1 Å². The average molecular weight is 708 g/mol. The van der Waals surface area contributed by atoms with Crippen molar-refractivity contribution in [2.45, 2.75) is 50.6 Å². The van der Waals surface area contributed by atoms with Gasteiger partial charge in [0.15, 0.2) is 5.82 Å². The number of nitrogens with one attached hydrogen (secondary N) is 3. The lowest BCUT2D eigenvalue weighted by Gasteiger charge is -2.35. The first kappa shape index (κ1) is 33.2. The summed E-state index contributed by atoms with van der Waals surface area (Å²) in [5, 5.41) is 15.9. The van der Waals surface area contributed by atoms with E-state index < -0.39 is 57.9 Å². The van der Waals surface area contributed by atoms with Crippen molar-refractivity contribution in [3.05, 3.63) is 64.3 Å². The molecule has 4 N–H and O–H groups in total. The number of aryl methyl sites for hydroxylation is 1. The molecule has 262 valence electrons. The molecular formula is C33H34FN7O8S. The third kappa shape index (κ3) is 5.65. The van der Waals surface area contributed by atoms with E-state index in [2.05, 4.69) is 15.5 Å². The predicted octanol–water partition coefficient (Wildman–Crippen LogP) is 1.70. The molecule has 0 bridgehead atoms. The fourth-order valence-electron chi connectivity index (χ4n) is 7.20. The number of anilines is 2. The van der Waals surface area contributed by atoms with Gasteiger partial charge in [-0.3, -0.25) is 38.5 Å². The number of likely N-dealkylation sites (tertiary alicyclic amines) is 1. The highest BCUT2D eigenvalue weighted by atomic mass is 32.2. The van der Waals surface area contributed by atoms with E-state index in [1.54, 1.807) is 18.7 Å². The highest BCUT2D eigenvalue weighted by Crippen LogP contribution is 2.39. The lowest BCUT2D eigenvalue weighted by Crippen LogP contribution is -2.45. The van der Waals surface area contributed by atoms with E-state index in [-0.39, 0.29) is 47.0 Å². The maximum absolute atomic E-state index is 15.5. The molecule has 3 aliphatic rings. The molecule has 3 aliphatic heterocycles. The van der Waals surface area contributed by atoms with E-state index in [1.807, 2.05) is 18.2 Å². The molecule has 4 amide bonds. The second-order valence-electron chi connectivity index (χ2n) is 12.9. The molecular weight excluding hydrogens is 673 g/mol. The van der Waals surface area contributed by atoms with Gasteiger partial charge in [-0.25, -0.2) is 18.2 Å². The van der Waals surface area contributed by atoms with Crippen LogP contribution in [0.5, 0.6) is 5.75 Å². The molecule has 1 unspecified atom stereocenters. The normalized spacial score (nSPS) is 20.7. The van der Waals surface area contributed by atoms with Crippen LogP contribution in [0.15, 0.2) is 47.3 Å². The average Bonchev–Trinajstić information content (AvgIpc) is 3.49. The largest absolute Gasteiger partial charge is 0.506 e. The second-order valence-corrected chi connectivity index (χ2v) is 14.5. The number of amides is 4. The predicted molar refractivity (Wildman–Crippen MR) is 180 cm³/mol. The van der Waals surface area contributed by atoms with Gasteiger partial charge in [-0.1, -0.05) is 6.07 Å². The summed E-state index contributed by atoms with van der Waals surface area (Å²) in [6, 6.07) is 10.0. The Kier molecular flexibility index (Phi) is 8.13. The van der Waals surface area contributed by atoms with E-state index in [0.717, 1.165) is 18.4 Å². The summed E-state index contributed by atoms with van der Waals surface area (Å²) in [6.45, 7) is 2.38. The van der Waals surface area contributed by atoms with Gasteiger partial charge < -0.3 is 10.4 Å². The van der Waals surface area contributed by atoms with Crippen LogP contribution in [0.2, 0.25) is 0 Å². The zero-order valence-corrected chi connectivity index (χ0v) is 27.9. The number of imide groups is 1. The number of rotatable bonds is 6. The Labute approximate surface area is 284 Å². The van der Waals surface area contributed by atoms with Crippen molar-refractivity contribution in [1.29, 1.82) is 0 Å². The molecule has 4 heterocycles. The van der Waals surface area contributed by atoms with Crippen molar-refractivity contribution < 1.29 is 37.1 Å². The summed E-state index contributed by atoms with van der Waals surface area (Å²) in [5.74, 6) is -3.50. The maximum atomic E-state index is 15.5. The van der Waals surface area contributed by atoms with E-state index >= 15 is 4.39 Å². The molecule has 3 saturated heterocycles. The quantitative estimate of drug-likeness (QED) is 0.216. The van der Waals surface area contributed by atoms with Crippen LogP contribution >= 0.6 is 0 Å². The van der Waals surface area contributed by atoms with Gasteiger partial charge in [0.1, 0.15) is 24.0 Å². The summed E-state index contributed by atoms with van der Waals surface area (Å²) in [5.41, 5.74) is 1.75. The zero-order chi connectivity index (χ0) is 35.6. The van der Waals surface area contributed by atoms with Crippen LogP contribution in [-0.2, 0) is 36.4 Å². The topological polar surface area (TPSA) is 192 Å². The SMILES string of the molecule is C[C@H](C(=O)Nc1ccc2c(F)c(N3CC(=O)NS3(=O)=O)c(O)cc2c1)N1CCC(c2ccc3c(c2)n(C)c(=O)n3C2CCC(=O)NC2=O)CC1. The first-order valence-corrected chi connectivity index (χ1v) is 17.6. The van der Waals surface area contributed by atoms with E-state index in [9.17, 15) is 37.5 Å². The Morgan fingerprint density at radius 3 is 2.42 bits per heavy atom. The third-order valence-electron chi connectivity index (χ3n) is 9.93. The minimum atomic E-state index is -4.35. The maximum Gasteiger partial charge on any atom is 0.329 e. The molecule has 0 radical (unpaired) electrons. The van der Waals surface area contributed by atoms with Gasteiger partial charge >= 0.3 is 15.9 Å². The molecule has 50 heavy (non-hydrogen) atoms. The lowest BCUT2D eigenvalue weighted by atomic mass is 9.88. The van der Waals surface area contributed by atoms with Crippen LogP contribution in [0.1, 0.15) is 50.1 Å². The van der Waals surface area contributed by atoms with Gasteiger partial charge in [-0.15, -0.1) is 0 Å². The molecule has 7 rings (SSSR count). The summed E-state index contributed by atoms with van der Waals surface area (Å²) in [4.78, 5) is 64.3. The number of aromatic nitrogens is 2. The number of aromatic hydroxyl groups is 1. The number of fused-ring (bicyclic) bond motifs is 2. The fraction of sp³-hybridized carbons (Fsp3) is 0.364. The summed E-state index contributed by atoms with van der Waals surface area (Å²) in [7, 11) is -2.69. The Morgan fingerprint density at radius 1 is 1.00 bits per heavy atom. The molecule has 0 saturated carbocycles. The number of phenolic OH excluding ortho intramolecular Hbond substituents is 1. The Bertz CT molecular complexity index is 2290. The highest BCUT2D eigenvalue weighted by molar-refractivity contribution is 7.92. The van der Waals surface area contributed by atoms with Crippen molar-refractivity contribution in [2.75, 3.05) is 29.3 Å². The number of benzene rings is 3. The van der Waals surface area contributed by atoms with Gasteiger partial charge in [0.25, 0.3) is 5.91 Å². The zero-order valence-electron chi connectivity index (χ0n) is 27.1. The Balaban J connectivity index is 1.02. The fourth-order valence-corrected chi connectivity index (χ4v) is 8.36. The summed E-state index contributed by atoms with van der Waals surface area (Å²) < 4.78 is 45.1. The van der Waals surface area contributed by atoms with Crippen LogP contribution in [0.4, 0.5) is 15.8 Å². The van der Waals surface area contributed by atoms with Crippen LogP contribution in [0.3, 0.4) is 0 Å². The standard InChI is InChI=1S/C33H34FN7O8S/c1-17(31(45)35-21-4-5-22-20(13-21)15-26(42)30(29(22)34)40-16-28(44)37-50(40,48)49)39-11-9-18(10-12-39)19-3-6-23-25(14-19)38(2)33(47)41(23)24-7-8-27(43)36-32(24)46/h3-6,13-15,17-18,24,42H,7-12,16H2,1-2H3,(H,35,45)(H,37,44)(H,36,43,46)/t17-,24?/m1/s1. The van der Waals surface area contributed by atoms with Crippen molar-refractivity contribution in [2.24, 2.45) is 7.05 Å². The van der Waals surface area contributed by atoms with Gasteiger partial charge in [-0.05, 0) is 92.5 Å². The molecule has 1 aromatic heterocycles. The smallest absolute Gasteiger partial charge is 0.329 e. The molecule has 17 heteroatoms. The number of phenols is 1. The van der Waals surface area contributed by atoms with E-state index in [0.29, 0.717) is 34.1 Å². The first-order chi connectivity index (χ1) is 23.7. The van der Waals surface area contributed by atoms with Gasteiger partial charge in [-0.2, -0.15) is 8.42 Å². The monoisotopic (exact) mass is 707 g/mol. The second kappa shape index (κ2) is 12.2. The number of hydrogen-bond acceptors (Lipinski definition) is 9. The molecule has 0 aliphatic carbocycles. The lowest BCUT2D eigenvalue weighted by molar-refractivity contribution is -0.135. The molecule has 0 spiro atoms. The number of hydrogen-bond donors (Lipinski definition) is 4. The number of piperidine rings is 2. The van der Waals surface area contributed by atoms with Crippen LogP contribution < -0.4 is 25.4 Å². The minimum Gasteiger partial charge on any atom is -0.506 e. The van der Waals surface area contributed by atoms with Gasteiger partial charge in [0, 0.05) is 24.5 Å². The van der Waals surface area contributed by atoms with Gasteiger partial charge in [0.05, 0.1) is 17.1 Å². The number of halogens is 1. The number of nitrogens with zero attached hydrogens (tertiary/aromatic N) is 4. The highest BCUT2D eigenvalue weighted by Gasteiger charge is 2.38. The Hall–Kier alpha value is -5.29. The first-order valence-electron chi connectivity index (χ1n) is 16.1. The van der Waals surface area contributed by atoms with Crippen molar-refractivity contribution in [3.63, 3.8) is 0 Å². The van der Waals surface area contributed by atoms with E-state index in [1.165, 1.54) is 33.4 Å². The number of carbonyl (C=O) groups is 4. The summed E-state index contributed by atoms with van der Waals surface area (Å²) >= 11 is 0. The van der Waals surface area contributed by atoms with Crippen molar-refractivity contribution >= 4 is 67.0 Å². The number of carbonyl (C=O) groups excluding carboxylic acids is 4. The molecule has 15 nitrogen and oxygen atoms in total.